The van der Waals surface area contributed by atoms with Crippen molar-refractivity contribution in [3.8, 4) is 0 Å². The molecule has 0 bridgehead atoms. The Labute approximate surface area is 139 Å². The van der Waals surface area contributed by atoms with Crippen LogP contribution in [0.4, 0.5) is 4.39 Å². The Morgan fingerprint density at radius 3 is 2.79 bits per heavy atom. The quantitative estimate of drug-likeness (QED) is 0.753. The van der Waals surface area contributed by atoms with E-state index in [0.29, 0.717) is 23.1 Å². The van der Waals surface area contributed by atoms with Gasteiger partial charge in [-0.15, -0.1) is 0 Å². The lowest BCUT2D eigenvalue weighted by Gasteiger charge is -2.19. The molecule has 0 unspecified atom stereocenters. The van der Waals surface area contributed by atoms with E-state index < -0.39 is 0 Å². The highest BCUT2D eigenvalue weighted by molar-refractivity contribution is 5.98. The summed E-state index contributed by atoms with van der Waals surface area (Å²) in [6, 6.07) is 7.93. The normalized spacial score (nSPS) is 12.7. The van der Waals surface area contributed by atoms with Gasteiger partial charge < -0.3 is 19.1 Å². The topological polar surface area (TPSA) is 59.8 Å². The number of likely N-dealkylation sites (N-methyl/N-ethyl adjacent to an activating group) is 1. The molecule has 1 aromatic carbocycles. The molecule has 0 spiro atoms. The van der Waals surface area contributed by atoms with Gasteiger partial charge in [-0.05, 0) is 37.3 Å². The Hall–Kier alpha value is -2.60. The Kier molecular flexibility index (Phi) is 4.40. The van der Waals surface area contributed by atoms with E-state index in [-0.39, 0.29) is 23.5 Å². The van der Waals surface area contributed by atoms with Crippen LogP contribution in [0, 0.1) is 12.7 Å². The van der Waals surface area contributed by atoms with Gasteiger partial charge in [-0.3, -0.25) is 4.79 Å². The van der Waals surface area contributed by atoms with E-state index >= 15 is 0 Å². The third-order valence-electron chi connectivity index (χ3n) is 4.15. The molecule has 3 rings (SSSR count). The maximum Gasteiger partial charge on any atom is 0.287 e. The van der Waals surface area contributed by atoms with Crippen LogP contribution in [0.5, 0.6) is 0 Å². The minimum absolute atomic E-state index is 0.00826. The van der Waals surface area contributed by atoms with Crippen LogP contribution in [0.3, 0.4) is 0 Å². The molecule has 0 aliphatic rings. The number of carbonyl (C=O) groups excluding carboxylic acids is 1. The van der Waals surface area contributed by atoms with Crippen molar-refractivity contribution in [1.29, 1.82) is 0 Å². The number of rotatable bonds is 5. The summed E-state index contributed by atoms with van der Waals surface area (Å²) in [6.45, 7) is 2.15. The number of hydrogen-bond acceptors (Lipinski definition) is 3. The number of quaternary nitrogens is 1. The number of fused-ring (bicyclic) bond motifs is 1. The van der Waals surface area contributed by atoms with Crippen molar-refractivity contribution in [3.05, 3.63) is 59.5 Å². The van der Waals surface area contributed by atoms with E-state index in [1.54, 1.807) is 13.2 Å². The SMILES string of the molecule is Cc1c(C(=O)NC[C@@H](c2ccco2)[NH+](C)C)oc2ccc(F)cc12. The fourth-order valence-electron chi connectivity index (χ4n) is 2.76. The molecule has 2 aromatic heterocycles. The van der Waals surface area contributed by atoms with E-state index in [1.165, 1.54) is 18.2 Å². The molecule has 126 valence electrons. The number of hydrogen-bond donors (Lipinski definition) is 2. The van der Waals surface area contributed by atoms with E-state index in [2.05, 4.69) is 5.32 Å². The molecule has 0 aliphatic heterocycles. The summed E-state index contributed by atoms with van der Waals surface area (Å²) >= 11 is 0. The average molecular weight is 331 g/mol. The van der Waals surface area contributed by atoms with Crippen molar-refractivity contribution in [3.63, 3.8) is 0 Å². The lowest BCUT2D eigenvalue weighted by atomic mass is 10.1. The summed E-state index contributed by atoms with van der Waals surface area (Å²) in [7, 11) is 3.99. The monoisotopic (exact) mass is 331 g/mol. The van der Waals surface area contributed by atoms with Crippen molar-refractivity contribution in [2.24, 2.45) is 0 Å². The Morgan fingerprint density at radius 2 is 2.12 bits per heavy atom. The van der Waals surface area contributed by atoms with Crippen LogP contribution in [0.15, 0.2) is 45.4 Å². The van der Waals surface area contributed by atoms with Gasteiger partial charge in [-0.1, -0.05) is 0 Å². The Balaban J connectivity index is 1.79. The van der Waals surface area contributed by atoms with Crippen LogP contribution in [0.2, 0.25) is 0 Å². The van der Waals surface area contributed by atoms with Crippen LogP contribution in [0.1, 0.15) is 27.9 Å². The summed E-state index contributed by atoms with van der Waals surface area (Å²) in [5.41, 5.74) is 1.13. The number of carbonyl (C=O) groups is 1. The van der Waals surface area contributed by atoms with Gasteiger partial charge in [0, 0.05) is 10.9 Å². The van der Waals surface area contributed by atoms with Gasteiger partial charge in [0.05, 0.1) is 26.9 Å². The number of benzene rings is 1. The molecule has 1 atom stereocenters. The highest BCUT2D eigenvalue weighted by Crippen LogP contribution is 2.26. The molecule has 1 amide bonds. The molecular formula is C18H20FN2O3+. The molecule has 0 saturated heterocycles. The number of furan rings is 2. The molecule has 0 fully saturated rings. The minimum atomic E-state index is -0.354. The highest BCUT2D eigenvalue weighted by Gasteiger charge is 2.24. The van der Waals surface area contributed by atoms with Crippen LogP contribution in [0.25, 0.3) is 11.0 Å². The summed E-state index contributed by atoms with van der Waals surface area (Å²) in [5, 5.41) is 3.49. The van der Waals surface area contributed by atoms with Crippen LogP contribution < -0.4 is 10.2 Å². The number of nitrogens with one attached hydrogen (secondary N) is 2. The summed E-state index contributed by atoms with van der Waals surface area (Å²) in [4.78, 5) is 13.6. The number of halogens is 1. The second kappa shape index (κ2) is 6.49. The molecule has 3 aromatic rings. The first-order valence-corrected chi connectivity index (χ1v) is 7.77. The van der Waals surface area contributed by atoms with Crippen molar-refractivity contribution in [1.82, 2.24) is 5.32 Å². The zero-order valence-electron chi connectivity index (χ0n) is 13.9. The zero-order valence-corrected chi connectivity index (χ0v) is 13.9. The molecule has 2 N–H and O–H groups in total. The third-order valence-corrected chi connectivity index (χ3v) is 4.15. The van der Waals surface area contributed by atoms with Gasteiger partial charge in [0.1, 0.15) is 11.4 Å². The standard InChI is InChI=1S/C18H19FN2O3/c1-11-13-9-12(19)6-7-15(13)24-17(11)18(22)20-10-14(21(2)3)16-5-4-8-23-16/h4-9,14H,10H2,1-3H3,(H,20,22)/p+1/t14-/m0/s1. The van der Waals surface area contributed by atoms with Gasteiger partial charge in [0.25, 0.3) is 5.91 Å². The smallest absolute Gasteiger partial charge is 0.287 e. The van der Waals surface area contributed by atoms with E-state index in [4.69, 9.17) is 8.83 Å². The minimum Gasteiger partial charge on any atom is -0.463 e. The van der Waals surface area contributed by atoms with Gasteiger partial charge in [-0.2, -0.15) is 0 Å². The molecule has 24 heavy (non-hydrogen) atoms. The van der Waals surface area contributed by atoms with Crippen LogP contribution >= 0.6 is 0 Å². The van der Waals surface area contributed by atoms with E-state index in [0.717, 1.165) is 10.7 Å². The van der Waals surface area contributed by atoms with Gasteiger partial charge in [-0.25, -0.2) is 4.39 Å². The number of amides is 1. The van der Waals surface area contributed by atoms with Crippen molar-refractivity contribution in [2.75, 3.05) is 20.6 Å². The third kappa shape index (κ3) is 3.05. The molecule has 0 saturated carbocycles. The molecule has 5 nitrogen and oxygen atoms in total. The Bertz CT molecular complexity index is 853. The molecular weight excluding hydrogens is 311 g/mol. The molecule has 0 radical (unpaired) electrons. The first-order chi connectivity index (χ1) is 11.5. The van der Waals surface area contributed by atoms with Crippen LogP contribution in [-0.2, 0) is 0 Å². The lowest BCUT2D eigenvalue weighted by molar-refractivity contribution is -0.891. The molecule has 2 heterocycles. The van der Waals surface area contributed by atoms with Crippen molar-refractivity contribution >= 4 is 16.9 Å². The number of aryl methyl sites for hydroxylation is 1. The van der Waals surface area contributed by atoms with E-state index in [1.807, 2.05) is 26.2 Å². The summed E-state index contributed by atoms with van der Waals surface area (Å²) in [6.07, 6.45) is 1.62. The second-order valence-corrected chi connectivity index (χ2v) is 6.05. The predicted molar refractivity (Wildman–Crippen MR) is 87.5 cm³/mol. The predicted octanol–water partition coefficient (Wildman–Crippen LogP) is 2.09. The lowest BCUT2D eigenvalue weighted by Crippen LogP contribution is -3.07. The van der Waals surface area contributed by atoms with Gasteiger partial charge in [0.15, 0.2) is 17.6 Å². The molecule has 0 aliphatic carbocycles. The summed E-state index contributed by atoms with van der Waals surface area (Å²) in [5.74, 6) is 0.343. The fourth-order valence-corrected chi connectivity index (χ4v) is 2.76. The fraction of sp³-hybridized carbons (Fsp3) is 0.278. The highest BCUT2D eigenvalue weighted by atomic mass is 19.1. The Morgan fingerprint density at radius 1 is 1.33 bits per heavy atom. The average Bonchev–Trinajstić information content (AvgIpc) is 3.16. The van der Waals surface area contributed by atoms with Gasteiger partial charge in [0.2, 0.25) is 0 Å². The first kappa shape index (κ1) is 16.3. The maximum atomic E-state index is 13.4. The van der Waals surface area contributed by atoms with Crippen molar-refractivity contribution in [2.45, 2.75) is 13.0 Å². The van der Waals surface area contributed by atoms with E-state index in [9.17, 15) is 9.18 Å². The van der Waals surface area contributed by atoms with Crippen LogP contribution in [-0.4, -0.2) is 26.5 Å². The van der Waals surface area contributed by atoms with Gasteiger partial charge >= 0.3 is 0 Å². The first-order valence-electron chi connectivity index (χ1n) is 7.77. The zero-order chi connectivity index (χ0) is 17.3. The van der Waals surface area contributed by atoms with Crippen molar-refractivity contribution < 1.29 is 22.9 Å². The molecule has 6 heteroatoms. The summed E-state index contributed by atoms with van der Waals surface area (Å²) < 4.78 is 24.4. The largest absolute Gasteiger partial charge is 0.463 e. The maximum absolute atomic E-state index is 13.4. The second-order valence-electron chi connectivity index (χ2n) is 6.05.